The Bertz CT molecular complexity index is 429. The normalized spacial score (nSPS) is 15.3. The average Bonchev–Trinajstić information content (AvgIpc) is 2.39. The maximum atomic E-state index is 5.88. The van der Waals surface area contributed by atoms with E-state index in [4.69, 9.17) is 11.6 Å². The first-order valence-electron chi connectivity index (χ1n) is 6.73. The van der Waals surface area contributed by atoms with E-state index in [1.165, 1.54) is 25.7 Å². The number of aromatic nitrogens is 2. The second-order valence-electron chi connectivity index (χ2n) is 4.65. The molecule has 0 aromatic carbocycles. The van der Waals surface area contributed by atoms with Gasteiger partial charge in [0.25, 0.3) is 0 Å². The zero-order valence-corrected chi connectivity index (χ0v) is 11.6. The lowest BCUT2D eigenvalue weighted by Crippen LogP contribution is -2.07. The highest BCUT2D eigenvalue weighted by Crippen LogP contribution is 2.20. The number of rotatable bonds is 5. The van der Waals surface area contributed by atoms with Crippen LogP contribution in [0.3, 0.4) is 0 Å². The summed E-state index contributed by atoms with van der Waals surface area (Å²) in [5.41, 5.74) is 2.55. The summed E-state index contributed by atoms with van der Waals surface area (Å²) < 4.78 is 0. The lowest BCUT2D eigenvalue weighted by molar-refractivity contribution is 0.679. The third-order valence-corrected chi connectivity index (χ3v) is 3.42. The average molecular weight is 266 g/mol. The molecule has 0 amide bonds. The van der Waals surface area contributed by atoms with Crippen molar-refractivity contribution in [1.82, 2.24) is 9.97 Å². The molecule has 0 bridgehead atoms. The maximum Gasteiger partial charge on any atom is 0.224 e. The van der Waals surface area contributed by atoms with Gasteiger partial charge in [-0.25, -0.2) is 9.97 Å². The van der Waals surface area contributed by atoms with E-state index in [1.807, 2.05) is 6.07 Å². The summed E-state index contributed by atoms with van der Waals surface area (Å²) in [5, 5.41) is 3.66. The van der Waals surface area contributed by atoms with Crippen LogP contribution in [0.2, 0.25) is 5.28 Å². The largest absolute Gasteiger partial charge is 0.370 e. The molecule has 0 atom stereocenters. The number of hydrogen-bond donors (Lipinski definition) is 1. The third kappa shape index (κ3) is 3.98. The van der Waals surface area contributed by atoms with Gasteiger partial charge in [0.05, 0.1) is 0 Å². The Morgan fingerprint density at radius 2 is 2.22 bits per heavy atom. The van der Waals surface area contributed by atoms with E-state index < -0.39 is 0 Å². The molecular formula is C14H20ClN3. The van der Waals surface area contributed by atoms with E-state index in [0.717, 1.165) is 30.9 Å². The Morgan fingerprint density at radius 1 is 1.33 bits per heavy atom. The summed E-state index contributed by atoms with van der Waals surface area (Å²) in [4.78, 5) is 8.34. The van der Waals surface area contributed by atoms with Crippen LogP contribution in [0.25, 0.3) is 0 Å². The van der Waals surface area contributed by atoms with Crippen LogP contribution in [0, 0.1) is 0 Å². The molecule has 18 heavy (non-hydrogen) atoms. The van der Waals surface area contributed by atoms with Crippen molar-refractivity contribution in [2.24, 2.45) is 0 Å². The van der Waals surface area contributed by atoms with Crippen molar-refractivity contribution in [2.45, 2.75) is 45.4 Å². The van der Waals surface area contributed by atoms with E-state index in [1.54, 1.807) is 5.57 Å². The van der Waals surface area contributed by atoms with E-state index in [0.29, 0.717) is 5.28 Å². The molecule has 0 radical (unpaired) electrons. The Labute approximate surface area is 114 Å². The molecule has 0 saturated carbocycles. The number of hydrogen-bond acceptors (Lipinski definition) is 3. The molecule has 1 aliphatic rings. The molecule has 1 aliphatic carbocycles. The summed E-state index contributed by atoms with van der Waals surface area (Å²) >= 11 is 5.88. The van der Waals surface area contributed by atoms with Crippen LogP contribution >= 0.6 is 11.6 Å². The lowest BCUT2D eigenvalue weighted by Gasteiger charge is -2.13. The minimum atomic E-state index is 0.328. The molecule has 1 aromatic rings. The molecule has 1 heterocycles. The Kier molecular flexibility index (Phi) is 5.00. The molecule has 0 aliphatic heterocycles. The number of nitrogens with one attached hydrogen (secondary N) is 1. The van der Waals surface area contributed by atoms with Crippen molar-refractivity contribution < 1.29 is 0 Å². The van der Waals surface area contributed by atoms with Gasteiger partial charge in [-0.05, 0) is 50.1 Å². The minimum Gasteiger partial charge on any atom is -0.370 e. The van der Waals surface area contributed by atoms with Gasteiger partial charge in [-0.15, -0.1) is 0 Å². The van der Waals surface area contributed by atoms with Gasteiger partial charge in [0.1, 0.15) is 5.82 Å². The topological polar surface area (TPSA) is 37.8 Å². The van der Waals surface area contributed by atoms with Gasteiger partial charge in [0.15, 0.2) is 0 Å². The Hall–Kier alpha value is -1.09. The number of allylic oxidation sites excluding steroid dienone is 1. The molecule has 0 spiro atoms. The van der Waals surface area contributed by atoms with E-state index in [-0.39, 0.29) is 0 Å². The third-order valence-electron chi connectivity index (χ3n) is 3.25. The van der Waals surface area contributed by atoms with Crippen molar-refractivity contribution in [3.63, 3.8) is 0 Å². The van der Waals surface area contributed by atoms with Gasteiger partial charge in [0, 0.05) is 18.3 Å². The van der Waals surface area contributed by atoms with E-state index >= 15 is 0 Å². The summed E-state index contributed by atoms with van der Waals surface area (Å²) in [6, 6.07) is 1.97. The number of halogens is 1. The fraction of sp³-hybridized carbons (Fsp3) is 0.571. The van der Waals surface area contributed by atoms with Gasteiger partial charge >= 0.3 is 0 Å². The van der Waals surface area contributed by atoms with Crippen molar-refractivity contribution in [2.75, 3.05) is 11.9 Å². The van der Waals surface area contributed by atoms with Crippen molar-refractivity contribution in [1.29, 1.82) is 0 Å². The molecule has 1 N–H and O–H groups in total. The van der Waals surface area contributed by atoms with Crippen molar-refractivity contribution >= 4 is 17.4 Å². The van der Waals surface area contributed by atoms with Crippen LogP contribution in [0.15, 0.2) is 17.7 Å². The van der Waals surface area contributed by atoms with Crippen molar-refractivity contribution in [3.05, 3.63) is 28.7 Å². The monoisotopic (exact) mass is 265 g/mol. The predicted molar refractivity (Wildman–Crippen MR) is 76.1 cm³/mol. The molecule has 4 heteroatoms. The van der Waals surface area contributed by atoms with E-state index in [9.17, 15) is 0 Å². The standard InChI is InChI=1S/C14H20ClN3/c1-2-12-10-13(18-14(15)17-12)16-9-8-11-6-4-3-5-7-11/h6,10H,2-5,7-9H2,1H3,(H,16,17,18). The molecular weight excluding hydrogens is 246 g/mol. The van der Waals surface area contributed by atoms with Gasteiger partial charge in [-0.2, -0.15) is 0 Å². The fourth-order valence-corrected chi connectivity index (χ4v) is 2.42. The SMILES string of the molecule is CCc1cc(NCCC2=CCCCC2)nc(Cl)n1. The van der Waals surface area contributed by atoms with E-state index in [2.05, 4.69) is 28.3 Å². The number of anilines is 1. The van der Waals surface area contributed by atoms with Crippen LogP contribution in [-0.4, -0.2) is 16.5 Å². The quantitative estimate of drug-likeness (QED) is 0.646. The highest BCUT2D eigenvalue weighted by Gasteiger charge is 2.04. The highest BCUT2D eigenvalue weighted by atomic mass is 35.5. The van der Waals surface area contributed by atoms with Gasteiger partial charge in [0.2, 0.25) is 5.28 Å². The first-order valence-corrected chi connectivity index (χ1v) is 7.11. The lowest BCUT2D eigenvalue weighted by atomic mass is 9.97. The fourth-order valence-electron chi connectivity index (χ4n) is 2.22. The smallest absolute Gasteiger partial charge is 0.224 e. The minimum absolute atomic E-state index is 0.328. The molecule has 0 saturated heterocycles. The highest BCUT2D eigenvalue weighted by molar-refractivity contribution is 6.28. The van der Waals surface area contributed by atoms with Crippen LogP contribution in [0.1, 0.15) is 44.7 Å². The Balaban J connectivity index is 1.86. The number of aryl methyl sites for hydroxylation is 1. The molecule has 98 valence electrons. The van der Waals surface area contributed by atoms with Crippen LogP contribution in [0.5, 0.6) is 0 Å². The van der Waals surface area contributed by atoms with Crippen molar-refractivity contribution in [3.8, 4) is 0 Å². The first-order chi connectivity index (χ1) is 8.78. The molecule has 2 rings (SSSR count). The number of nitrogens with zero attached hydrogens (tertiary/aromatic N) is 2. The zero-order chi connectivity index (χ0) is 12.8. The van der Waals surface area contributed by atoms with Crippen LogP contribution in [0.4, 0.5) is 5.82 Å². The van der Waals surface area contributed by atoms with Gasteiger partial charge in [-0.1, -0.05) is 18.6 Å². The van der Waals surface area contributed by atoms with Crippen LogP contribution < -0.4 is 5.32 Å². The van der Waals surface area contributed by atoms with Gasteiger partial charge in [-0.3, -0.25) is 0 Å². The summed E-state index contributed by atoms with van der Waals surface area (Å²) in [5.74, 6) is 0.836. The maximum absolute atomic E-state index is 5.88. The molecule has 0 unspecified atom stereocenters. The summed E-state index contributed by atoms with van der Waals surface area (Å²) in [7, 11) is 0. The van der Waals surface area contributed by atoms with Crippen LogP contribution in [-0.2, 0) is 6.42 Å². The zero-order valence-electron chi connectivity index (χ0n) is 10.9. The molecule has 1 aromatic heterocycles. The Morgan fingerprint density at radius 3 is 2.94 bits per heavy atom. The molecule has 0 fully saturated rings. The van der Waals surface area contributed by atoms with Gasteiger partial charge < -0.3 is 5.32 Å². The predicted octanol–water partition coefficient (Wildman–Crippen LogP) is 3.99. The second-order valence-corrected chi connectivity index (χ2v) is 4.99. The first kappa shape index (κ1) is 13.3. The molecule has 3 nitrogen and oxygen atoms in total. The summed E-state index contributed by atoms with van der Waals surface area (Å²) in [6.07, 6.45) is 9.55. The summed E-state index contributed by atoms with van der Waals surface area (Å²) in [6.45, 7) is 2.98. The second kappa shape index (κ2) is 6.74.